The molecule has 0 aliphatic heterocycles. The van der Waals surface area contributed by atoms with Crippen LogP contribution < -0.4 is 4.90 Å². The largest absolute Gasteiger partial charge is 0.299 e. The van der Waals surface area contributed by atoms with Crippen molar-refractivity contribution < 1.29 is 4.79 Å². The molecule has 4 aromatic rings. The summed E-state index contributed by atoms with van der Waals surface area (Å²) in [6.07, 6.45) is 0.756. The van der Waals surface area contributed by atoms with Gasteiger partial charge in [-0.25, -0.2) is 14.5 Å². The summed E-state index contributed by atoms with van der Waals surface area (Å²) in [4.78, 5) is 28.2. The lowest BCUT2D eigenvalue weighted by molar-refractivity contribution is 0.0977. The van der Waals surface area contributed by atoms with Gasteiger partial charge in [0.1, 0.15) is 0 Å². The van der Waals surface area contributed by atoms with E-state index in [0.717, 1.165) is 23.4 Å². The highest BCUT2D eigenvalue weighted by molar-refractivity contribution is 7.14. The van der Waals surface area contributed by atoms with Gasteiger partial charge in [0, 0.05) is 33.9 Å². The van der Waals surface area contributed by atoms with Gasteiger partial charge < -0.3 is 0 Å². The molecule has 4 rings (SSSR count). The molecule has 10 heteroatoms. The first-order chi connectivity index (χ1) is 14.4. The second kappa shape index (κ2) is 8.29. The first-order valence-corrected chi connectivity index (χ1v) is 10.9. The molecule has 30 heavy (non-hydrogen) atoms. The molecule has 0 aliphatic carbocycles. The second-order valence-corrected chi connectivity index (χ2v) is 8.46. The number of hydrogen-bond acceptors (Lipinski definition) is 6. The number of nitrogens with zero attached hydrogens (tertiary/aromatic N) is 6. The predicted octanol–water partition coefficient (Wildman–Crippen LogP) is 5.23. The third-order valence-electron chi connectivity index (χ3n) is 4.43. The van der Waals surface area contributed by atoms with Crippen LogP contribution in [0.4, 0.5) is 5.13 Å². The maximum Gasteiger partial charge on any atom is 0.299 e. The van der Waals surface area contributed by atoms with Crippen LogP contribution >= 0.6 is 34.5 Å². The van der Waals surface area contributed by atoms with Crippen molar-refractivity contribution in [3.05, 3.63) is 56.9 Å². The van der Waals surface area contributed by atoms with E-state index in [-0.39, 0.29) is 11.7 Å². The Hall–Kier alpha value is -2.55. The van der Waals surface area contributed by atoms with Crippen LogP contribution in [0.15, 0.2) is 29.6 Å². The van der Waals surface area contributed by atoms with Gasteiger partial charge >= 0.3 is 0 Å². The van der Waals surface area contributed by atoms with Gasteiger partial charge in [-0.3, -0.25) is 9.69 Å². The van der Waals surface area contributed by atoms with E-state index in [1.165, 1.54) is 11.3 Å². The molecule has 0 fully saturated rings. The average molecular weight is 461 g/mol. The van der Waals surface area contributed by atoms with Gasteiger partial charge in [-0.1, -0.05) is 30.1 Å². The summed E-state index contributed by atoms with van der Waals surface area (Å²) in [7, 11) is 0. The van der Waals surface area contributed by atoms with Crippen molar-refractivity contribution in [3.63, 3.8) is 0 Å². The lowest BCUT2D eigenvalue weighted by Gasteiger charge is -2.17. The standard InChI is InChI=1S/C20H18Cl2N6OS/c1-4-7-27(18(29)17-25-19-23-11(2)8-12(3)28(19)26-17)20-24-16(10-30-20)14-6-5-13(21)9-15(14)22/h5-6,8-10H,4,7H2,1-3H3. The molecule has 154 valence electrons. The molecule has 0 radical (unpaired) electrons. The molecule has 0 bridgehead atoms. The highest BCUT2D eigenvalue weighted by Gasteiger charge is 2.25. The molecular formula is C20H18Cl2N6OS. The molecule has 0 unspecified atom stereocenters. The van der Waals surface area contributed by atoms with Gasteiger partial charge in [0.05, 0.1) is 10.7 Å². The Morgan fingerprint density at radius 1 is 1.17 bits per heavy atom. The summed E-state index contributed by atoms with van der Waals surface area (Å²) < 4.78 is 1.57. The van der Waals surface area contributed by atoms with E-state index in [1.54, 1.807) is 21.5 Å². The van der Waals surface area contributed by atoms with Gasteiger partial charge in [0.2, 0.25) is 5.82 Å². The molecule has 7 nitrogen and oxygen atoms in total. The zero-order chi connectivity index (χ0) is 21.4. The number of hydrogen-bond donors (Lipinski definition) is 0. The Morgan fingerprint density at radius 3 is 2.70 bits per heavy atom. The van der Waals surface area contributed by atoms with E-state index < -0.39 is 0 Å². The smallest absolute Gasteiger partial charge is 0.281 e. The van der Waals surface area contributed by atoms with Crippen LogP contribution in [0.1, 0.15) is 35.4 Å². The normalized spacial score (nSPS) is 11.2. The van der Waals surface area contributed by atoms with E-state index in [2.05, 4.69) is 20.1 Å². The van der Waals surface area contributed by atoms with Crippen LogP contribution in [0, 0.1) is 13.8 Å². The van der Waals surface area contributed by atoms with E-state index in [0.29, 0.717) is 33.2 Å². The fourth-order valence-electron chi connectivity index (χ4n) is 3.09. The Bertz CT molecular complexity index is 1250. The Morgan fingerprint density at radius 2 is 1.97 bits per heavy atom. The molecule has 0 atom stereocenters. The molecule has 0 saturated heterocycles. The number of carbonyl (C=O) groups is 1. The number of thiazole rings is 1. The number of aryl methyl sites for hydroxylation is 2. The third kappa shape index (κ3) is 3.90. The lowest BCUT2D eigenvalue weighted by atomic mass is 10.2. The van der Waals surface area contributed by atoms with E-state index >= 15 is 0 Å². The number of anilines is 1. The van der Waals surface area contributed by atoms with E-state index in [4.69, 9.17) is 23.2 Å². The van der Waals surface area contributed by atoms with Crippen LogP contribution in [-0.2, 0) is 0 Å². The van der Waals surface area contributed by atoms with Crippen molar-refractivity contribution in [1.82, 2.24) is 24.6 Å². The molecule has 3 heterocycles. The number of fused-ring (bicyclic) bond motifs is 1. The maximum atomic E-state index is 13.2. The summed E-state index contributed by atoms with van der Waals surface area (Å²) in [6, 6.07) is 7.14. The minimum absolute atomic E-state index is 0.0888. The summed E-state index contributed by atoms with van der Waals surface area (Å²) in [6.45, 7) is 6.26. The van der Waals surface area contributed by atoms with Gasteiger partial charge in [0.25, 0.3) is 11.7 Å². The zero-order valence-electron chi connectivity index (χ0n) is 16.6. The van der Waals surface area contributed by atoms with Crippen LogP contribution in [-0.4, -0.2) is 37.0 Å². The van der Waals surface area contributed by atoms with Crippen molar-refractivity contribution in [2.45, 2.75) is 27.2 Å². The summed E-state index contributed by atoms with van der Waals surface area (Å²) in [5.74, 6) is 0.175. The highest BCUT2D eigenvalue weighted by atomic mass is 35.5. The minimum Gasteiger partial charge on any atom is -0.281 e. The average Bonchev–Trinajstić information content (AvgIpc) is 3.33. The number of aromatic nitrogens is 5. The summed E-state index contributed by atoms with van der Waals surface area (Å²) >= 11 is 13.7. The van der Waals surface area contributed by atoms with Crippen molar-refractivity contribution in [2.24, 2.45) is 0 Å². The van der Waals surface area contributed by atoms with Gasteiger partial charge in [-0.2, -0.15) is 4.98 Å². The number of halogens is 2. The lowest BCUT2D eigenvalue weighted by Crippen LogP contribution is -2.32. The second-order valence-electron chi connectivity index (χ2n) is 6.78. The van der Waals surface area contributed by atoms with E-state index in [9.17, 15) is 4.79 Å². The summed E-state index contributed by atoms with van der Waals surface area (Å²) in [5.41, 5.74) is 3.12. The van der Waals surface area contributed by atoms with E-state index in [1.807, 2.05) is 38.3 Å². The Kier molecular flexibility index (Phi) is 5.73. The monoisotopic (exact) mass is 460 g/mol. The molecule has 0 N–H and O–H groups in total. The van der Waals surface area contributed by atoms with Crippen LogP contribution in [0.5, 0.6) is 0 Å². The molecule has 0 aliphatic rings. The highest BCUT2D eigenvalue weighted by Crippen LogP contribution is 2.33. The molecule has 0 saturated carbocycles. The summed E-state index contributed by atoms with van der Waals surface area (Å²) in [5, 5.41) is 7.85. The van der Waals surface area contributed by atoms with Crippen LogP contribution in [0.3, 0.4) is 0 Å². The van der Waals surface area contributed by atoms with Gasteiger partial charge in [-0.05, 0) is 44.5 Å². The topological polar surface area (TPSA) is 76.3 Å². The molecule has 1 aromatic carbocycles. The van der Waals surface area contributed by atoms with Crippen molar-refractivity contribution in [1.29, 1.82) is 0 Å². The maximum absolute atomic E-state index is 13.2. The first-order valence-electron chi connectivity index (χ1n) is 9.31. The number of carbonyl (C=O) groups excluding carboxylic acids is 1. The van der Waals surface area contributed by atoms with Crippen LogP contribution in [0.2, 0.25) is 10.0 Å². The molecular weight excluding hydrogens is 443 g/mol. The van der Waals surface area contributed by atoms with Crippen molar-refractivity contribution >= 4 is 51.4 Å². The number of benzene rings is 1. The SMILES string of the molecule is CCCN(C(=O)c1nc2nc(C)cc(C)n2n1)c1nc(-c2ccc(Cl)cc2Cl)cs1. The molecule has 1 amide bonds. The third-order valence-corrected chi connectivity index (χ3v) is 5.84. The van der Waals surface area contributed by atoms with Crippen molar-refractivity contribution in [3.8, 4) is 11.3 Å². The fourth-order valence-corrected chi connectivity index (χ4v) is 4.45. The fraction of sp³-hybridized carbons (Fsp3) is 0.250. The zero-order valence-corrected chi connectivity index (χ0v) is 18.9. The Balaban J connectivity index is 1.70. The van der Waals surface area contributed by atoms with Gasteiger partial charge in [0.15, 0.2) is 5.13 Å². The number of rotatable bonds is 5. The van der Waals surface area contributed by atoms with Crippen LogP contribution in [0.25, 0.3) is 17.0 Å². The van der Waals surface area contributed by atoms with Crippen molar-refractivity contribution in [2.75, 3.05) is 11.4 Å². The quantitative estimate of drug-likeness (QED) is 0.407. The first kappa shape index (κ1) is 20.7. The predicted molar refractivity (Wildman–Crippen MR) is 120 cm³/mol. The molecule has 0 spiro atoms. The molecule has 3 aromatic heterocycles. The van der Waals surface area contributed by atoms with Gasteiger partial charge in [-0.15, -0.1) is 16.4 Å². The minimum atomic E-state index is -0.317. The number of amides is 1. The Labute approximate surface area is 187 Å².